The highest BCUT2D eigenvalue weighted by atomic mass is 32.1. The number of carboxylic acids is 1. The minimum Gasteiger partial charge on any atom is -0.493 e. The quantitative estimate of drug-likeness (QED) is 0.171. The number of nitrogens with one attached hydrogen (secondary N) is 1. The van der Waals surface area contributed by atoms with E-state index >= 15 is 0 Å². The molecule has 1 atom stereocenters. The van der Waals surface area contributed by atoms with E-state index in [-0.39, 0.29) is 12.2 Å². The number of aromatic nitrogens is 1. The van der Waals surface area contributed by atoms with Gasteiger partial charge in [-0.15, -0.1) is 11.3 Å². The van der Waals surface area contributed by atoms with Crippen LogP contribution in [0.1, 0.15) is 33.4 Å². The second-order valence-corrected chi connectivity index (χ2v) is 10.1. The lowest BCUT2D eigenvalue weighted by atomic mass is 10.1. The van der Waals surface area contributed by atoms with Crippen LogP contribution in [-0.2, 0) is 17.6 Å². The normalized spacial score (nSPS) is 12.1. The molecule has 7 heteroatoms. The molecule has 38 heavy (non-hydrogen) atoms. The van der Waals surface area contributed by atoms with Crippen molar-refractivity contribution in [2.45, 2.75) is 32.7 Å². The van der Waals surface area contributed by atoms with Crippen molar-refractivity contribution in [3.05, 3.63) is 118 Å². The monoisotopic (exact) mass is 526 g/mol. The minimum absolute atomic E-state index is 0.176. The van der Waals surface area contributed by atoms with Gasteiger partial charge in [-0.2, -0.15) is 0 Å². The van der Waals surface area contributed by atoms with Crippen LogP contribution in [0.2, 0.25) is 0 Å². The molecule has 0 fully saturated rings. The second kappa shape index (κ2) is 12.8. The molecule has 1 aromatic heterocycles. The predicted molar refractivity (Wildman–Crippen MR) is 151 cm³/mol. The zero-order valence-corrected chi connectivity index (χ0v) is 22.2. The summed E-state index contributed by atoms with van der Waals surface area (Å²) in [5.74, 6) is -0.446. The number of allylic oxidation sites excluding steroid dienone is 2. The molecule has 3 aromatic carbocycles. The molecule has 194 valence electrons. The van der Waals surface area contributed by atoms with Gasteiger partial charge in [-0.3, -0.25) is 4.79 Å². The van der Waals surface area contributed by atoms with E-state index in [1.165, 1.54) is 11.0 Å². The van der Waals surface area contributed by atoms with Crippen LogP contribution >= 0.6 is 11.3 Å². The Morgan fingerprint density at radius 3 is 2.32 bits per heavy atom. The Morgan fingerprint density at radius 2 is 1.66 bits per heavy atom. The number of aryl methyl sites for hydroxylation is 1. The molecule has 0 aliphatic rings. The highest BCUT2D eigenvalue weighted by molar-refractivity contribution is 7.15. The fourth-order valence-corrected chi connectivity index (χ4v) is 4.95. The van der Waals surface area contributed by atoms with Crippen LogP contribution in [0.25, 0.3) is 10.6 Å². The molecular formula is C31H30N2O4S. The number of carboxylic acid groups (broad SMARTS) is 1. The highest BCUT2D eigenvalue weighted by Gasteiger charge is 2.18. The van der Waals surface area contributed by atoms with Crippen LogP contribution in [0.4, 0.5) is 0 Å². The topological polar surface area (TPSA) is 88.5 Å². The molecule has 6 nitrogen and oxygen atoms in total. The van der Waals surface area contributed by atoms with Crippen LogP contribution in [0.5, 0.6) is 5.75 Å². The smallest absolute Gasteiger partial charge is 0.326 e. The van der Waals surface area contributed by atoms with Crippen LogP contribution in [0, 0.1) is 6.92 Å². The van der Waals surface area contributed by atoms with Crippen molar-refractivity contribution < 1.29 is 19.4 Å². The molecule has 0 saturated heterocycles. The van der Waals surface area contributed by atoms with E-state index in [9.17, 15) is 14.7 Å². The number of aliphatic carboxylic acids is 1. The van der Waals surface area contributed by atoms with Gasteiger partial charge in [-0.1, -0.05) is 72.8 Å². The number of ether oxygens (including phenoxy) is 1. The van der Waals surface area contributed by atoms with Gasteiger partial charge in [0.25, 0.3) is 0 Å². The number of ketones is 1. The molecule has 2 N–H and O–H groups in total. The lowest BCUT2D eigenvalue weighted by molar-refractivity contribution is -0.139. The van der Waals surface area contributed by atoms with Crippen molar-refractivity contribution in [1.29, 1.82) is 0 Å². The molecule has 4 rings (SSSR count). The molecule has 0 radical (unpaired) electrons. The number of benzene rings is 3. The molecular weight excluding hydrogens is 496 g/mol. The summed E-state index contributed by atoms with van der Waals surface area (Å²) >= 11 is 1.69. The van der Waals surface area contributed by atoms with Crippen LogP contribution in [0.3, 0.4) is 0 Å². The third-order valence-corrected chi connectivity index (χ3v) is 7.05. The summed E-state index contributed by atoms with van der Waals surface area (Å²) in [6, 6.07) is 25.6. The van der Waals surface area contributed by atoms with Gasteiger partial charge in [0.15, 0.2) is 5.78 Å². The molecule has 0 aliphatic carbocycles. The number of carbonyl (C=O) groups is 2. The van der Waals surface area contributed by atoms with Crippen molar-refractivity contribution in [3.8, 4) is 16.3 Å². The summed E-state index contributed by atoms with van der Waals surface area (Å²) in [4.78, 5) is 30.2. The molecule has 0 saturated carbocycles. The van der Waals surface area contributed by atoms with E-state index in [1.54, 1.807) is 42.5 Å². The Bertz CT molecular complexity index is 1400. The summed E-state index contributed by atoms with van der Waals surface area (Å²) in [6.07, 6.45) is 2.39. The van der Waals surface area contributed by atoms with E-state index in [4.69, 9.17) is 9.72 Å². The zero-order valence-electron chi connectivity index (χ0n) is 21.4. The average molecular weight is 527 g/mol. The third-order valence-electron chi connectivity index (χ3n) is 5.99. The summed E-state index contributed by atoms with van der Waals surface area (Å²) < 4.78 is 5.92. The third kappa shape index (κ3) is 7.40. The van der Waals surface area contributed by atoms with Crippen molar-refractivity contribution in [1.82, 2.24) is 10.3 Å². The van der Waals surface area contributed by atoms with E-state index in [0.29, 0.717) is 30.0 Å². The largest absolute Gasteiger partial charge is 0.493 e. The first-order valence-corrected chi connectivity index (χ1v) is 13.2. The van der Waals surface area contributed by atoms with Crippen LogP contribution < -0.4 is 10.1 Å². The summed E-state index contributed by atoms with van der Waals surface area (Å²) in [7, 11) is 0. The van der Waals surface area contributed by atoms with E-state index in [1.807, 2.05) is 48.5 Å². The first kappa shape index (κ1) is 26.8. The zero-order chi connectivity index (χ0) is 26.9. The number of hydrogen-bond donors (Lipinski definition) is 2. The average Bonchev–Trinajstić information content (AvgIpc) is 3.30. The van der Waals surface area contributed by atoms with Gasteiger partial charge in [-0.25, -0.2) is 9.78 Å². The molecule has 0 amide bonds. The van der Waals surface area contributed by atoms with Gasteiger partial charge in [0.2, 0.25) is 0 Å². The van der Waals surface area contributed by atoms with Crippen molar-refractivity contribution in [2.75, 3.05) is 6.61 Å². The summed E-state index contributed by atoms with van der Waals surface area (Å²) in [6.45, 7) is 4.27. The molecule has 0 bridgehead atoms. The van der Waals surface area contributed by atoms with Crippen molar-refractivity contribution in [2.24, 2.45) is 0 Å². The standard InChI is InChI=1S/C31H30N2O4S/c1-21(19-29(34)24-9-5-3-6-10-24)32-28(31(35)36)20-23-13-15-26(16-14-23)37-18-17-27-22(2)38-30(33-27)25-11-7-4-8-12-25/h3-16,19,28,32H,17-18,20H2,1-2H3,(H,35,36)/t28-/m0/s1. The molecule has 0 unspecified atom stereocenters. The van der Waals surface area contributed by atoms with E-state index in [2.05, 4.69) is 24.4 Å². The maximum absolute atomic E-state index is 12.4. The number of nitrogens with zero attached hydrogens (tertiary/aromatic N) is 1. The Hall–Kier alpha value is -4.23. The van der Waals surface area contributed by atoms with Gasteiger partial charge >= 0.3 is 5.97 Å². The van der Waals surface area contributed by atoms with Gasteiger partial charge in [0, 0.05) is 40.6 Å². The lowest BCUT2D eigenvalue weighted by Crippen LogP contribution is -2.37. The van der Waals surface area contributed by atoms with Gasteiger partial charge < -0.3 is 15.2 Å². The number of thiazole rings is 1. The number of rotatable bonds is 12. The summed E-state index contributed by atoms with van der Waals surface area (Å²) in [5, 5.41) is 13.7. The fraction of sp³-hybridized carbons (Fsp3) is 0.194. The Labute approximate surface area is 226 Å². The SMILES string of the molecule is CC(=CC(=O)c1ccccc1)N[C@@H](Cc1ccc(OCCc2nc(-c3ccccc3)sc2C)cc1)C(=O)O. The van der Waals surface area contributed by atoms with Gasteiger partial charge in [0.05, 0.1) is 12.3 Å². The number of hydrogen-bond acceptors (Lipinski definition) is 6. The lowest BCUT2D eigenvalue weighted by Gasteiger charge is -2.16. The molecule has 1 heterocycles. The Kier molecular flexibility index (Phi) is 9.06. The Balaban J connectivity index is 1.30. The van der Waals surface area contributed by atoms with Crippen molar-refractivity contribution in [3.63, 3.8) is 0 Å². The number of carbonyl (C=O) groups excluding carboxylic acids is 1. The van der Waals surface area contributed by atoms with Gasteiger partial charge in [-0.05, 0) is 31.5 Å². The Morgan fingerprint density at radius 1 is 1.00 bits per heavy atom. The first-order chi connectivity index (χ1) is 18.4. The molecule has 0 aliphatic heterocycles. The predicted octanol–water partition coefficient (Wildman–Crippen LogP) is 6.11. The molecule has 4 aromatic rings. The minimum atomic E-state index is -0.987. The van der Waals surface area contributed by atoms with Crippen molar-refractivity contribution >= 4 is 23.1 Å². The second-order valence-electron chi connectivity index (χ2n) is 8.93. The summed E-state index contributed by atoms with van der Waals surface area (Å²) in [5.41, 5.74) is 4.06. The van der Waals surface area contributed by atoms with Crippen LogP contribution in [0.15, 0.2) is 96.7 Å². The van der Waals surface area contributed by atoms with Gasteiger partial charge in [0.1, 0.15) is 16.8 Å². The maximum atomic E-state index is 12.4. The molecule has 0 spiro atoms. The fourth-order valence-electron chi connectivity index (χ4n) is 3.99. The van der Waals surface area contributed by atoms with E-state index in [0.717, 1.165) is 21.8 Å². The maximum Gasteiger partial charge on any atom is 0.326 e. The highest BCUT2D eigenvalue weighted by Crippen LogP contribution is 2.27. The van der Waals surface area contributed by atoms with E-state index < -0.39 is 12.0 Å². The van der Waals surface area contributed by atoms with Crippen LogP contribution in [-0.4, -0.2) is 34.5 Å². The first-order valence-electron chi connectivity index (χ1n) is 12.4.